The molecule has 0 aromatic carbocycles. The van der Waals surface area contributed by atoms with E-state index in [1.807, 2.05) is 0 Å². The minimum absolute atomic E-state index is 0.257. The van der Waals surface area contributed by atoms with E-state index in [1.165, 1.54) is 51.7 Å². The number of likely N-dealkylation sites (N-methyl/N-ethyl adjacent to an activating group) is 1. The number of nitrogens with two attached hydrogens (primary N) is 1. The molecule has 106 valence electrons. The fourth-order valence-corrected chi connectivity index (χ4v) is 3.79. The van der Waals surface area contributed by atoms with Crippen LogP contribution in [0.4, 0.5) is 0 Å². The van der Waals surface area contributed by atoms with Gasteiger partial charge in [0.15, 0.2) is 0 Å². The molecule has 2 rings (SSSR count). The summed E-state index contributed by atoms with van der Waals surface area (Å²) in [7, 11) is 2.24. The minimum Gasteiger partial charge on any atom is -0.329 e. The maximum atomic E-state index is 6.18. The molecule has 3 heteroatoms. The highest BCUT2D eigenvalue weighted by atomic mass is 15.3. The van der Waals surface area contributed by atoms with Gasteiger partial charge in [-0.2, -0.15) is 0 Å². The number of rotatable bonds is 2. The third kappa shape index (κ3) is 3.06. The van der Waals surface area contributed by atoms with E-state index in [2.05, 4.69) is 30.7 Å². The van der Waals surface area contributed by atoms with Crippen molar-refractivity contribution < 1.29 is 0 Å². The van der Waals surface area contributed by atoms with Crippen molar-refractivity contribution in [2.75, 3.05) is 39.8 Å². The van der Waals surface area contributed by atoms with Crippen LogP contribution in [0.1, 0.15) is 46.0 Å². The fourth-order valence-electron chi connectivity index (χ4n) is 3.79. The normalized spacial score (nSPS) is 35.3. The second kappa shape index (κ2) is 5.48. The van der Waals surface area contributed by atoms with Crippen LogP contribution in [-0.2, 0) is 0 Å². The van der Waals surface area contributed by atoms with E-state index in [0.717, 1.165) is 13.1 Å². The molecule has 2 aliphatic rings. The molecule has 0 spiro atoms. The molecule has 2 aliphatic heterocycles. The van der Waals surface area contributed by atoms with Gasteiger partial charge in [-0.05, 0) is 64.2 Å². The van der Waals surface area contributed by atoms with E-state index >= 15 is 0 Å². The number of piperidine rings is 1. The summed E-state index contributed by atoms with van der Waals surface area (Å²) in [4.78, 5) is 5.18. The Kier molecular flexibility index (Phi) is 4.35. The molecule has 1 atom stereocenters. The van der Waals surface area contributed by atoms with E-state index in [1.54, 1.807) is 0 Å². The highest BCUT2D eigenvalue weighted by Gasteiger charge is 2.39. The molecular weight excluding hydrogens is 222 g/mol. The van der Waals surface area contributed by atoms with Crippen molar-refractivity contribution in [1.29, 1.82) is 0 Å². The van der Waals surface area contributed by atoms with Gasteiger partial charge in [-0.3, -0.25) is 4.90 Å². The first-order valence-electron chi connectivity index (χ1n) is 7.61. The zero-order valence-electron chi connectivity index (χ0n) is 12.5. The zero-order chi connectivity index (χ0) is 13.2. The SMILES string of the molecule is CN1CCCC(CN)(N2CCCC(C)(C)CC2)C1. The second-order valence-corrected chi connectivity index (χ2v) is 7.27. The van der Waals surface area contributed by atoms with Crippen molar-refractivity contribution in [3.8, 4) is 0 Å². The predicted octanol–water partition coefficient (Wildman–Crippen LogP) is 1.92. The fraction of sp³-hybridized carbons (Fsp3) is 1.00. The largest absolute Gasteiger partial charge is 0.329 e. The van der Waals surface area contributed by atoms with Crippen LogP contribution < -0.4 is 5.73 Å². The summed E-state index contributed by atoms with van der Waals surface area (Å²) in [6, 6.07) is 0. The Morgan fingerprint density at radius 1 is 1.00 bits per heavy atom. The highest BCUT2D eigenvalue weighted by molar-refractivity contribution is 4.98. The average Bonchev–Trinajstić information content (AvgIpc) is 2.50. The zero-order valence-corrected chi connectivity index (χ0v) is 12.5. The molecule has 0 bridgehead atoms. The van der Waals surface area contributed by atoms with Gasteiger partial charge in [0, 0.05) is 18.6 Å². The van der Waals surface area contributed by atoms with Crippen LogP contribution in [0.3, 0.4) is 0 Å². The Morgan fingerprint density at radius 2 is 1.72 bits per heavy atom. The number of hydrogen-bond donors (Lipinski definition) is 1. The maximum Gasteiger partial charge on any atom is 0.0458 e. The summed E-state index contributed by atoms with van der Waals surface area (Å²) < 4.78 is 0. The molecular formula is C15H31N3. The molecule has 0 aromatic rings. The summed E-state index contributed by atoms with van der Waals surface area (Å²) in [5.41, 5.74) is 6.96. The van der Waals surface area contributed by atoms with Crippen molar-refractivity contribution >= 4 is 0 Å². The molecule has 0 amide bonds. The summed E-state index contributed by atoms with van der Waals surface area (Å²) >= 11 is 0. The third-order valence-corrected chi connectivity index (χ3v) is 5.14. The van der Waals surface area contributed by atoms with Gasteiger partial charge in [-0.1, -0.05) is 13.8 Å². The van der Waals surface area contributed by atoms with Gasteiger partial charge in [0.2, 0.25) is 0 Å². The van der Waals surface area contributed by atoms with Crippen LogP contribution in [0.25, 0.3) is 0 Å². The van der Waals surface area contributed by atoms with Crippen molar-refractivity contribution in [1.82, 2.24) is 9.80 Å². The van der Waals surface area contributed by atoms with Crippen LogP contribution in [-0.4, -0.2) is 55.1 Å². The summed E-state index contributed by atoms with van der Waals surface area (Å²) in [6.07, 6.45) is 6.60. The van der Waals surface area contributed by atoms with Crippen molar-refractivity contribution in [2.45, 2.75) is 51.5 Å². The van der Waals surface area contributed by atoms with Gasteiger partial charge in [0.1, 0.15) is 0 Å². The quantitative estimate of drug-likeness (QED) is 0.816. The Morgan fingerprint density at radius 3 is 2.39 bits per heavy atom. The molecule has 2 heterocycles. The number of likely N-dealkylation sites (tertiary alicyclic amines) is 2. The average molecular weight is 253 g/mol. The lowest BCUT2D eigenvalue weighted by molar-refractivity contribution is 0.0263. The Bertz CT molecular complexity index is 277. The van der Waals surface area contributed by atoms with Gasteiger partial charge in [0.25, 0.3) is 0 Å². The molecule has 0 saturated carbocycles. The van der Waals surface area contributed by atoms with E-state index in [-0.39, 0.29) is 5.54 Å². The number of nitrogens with zero attached hydrogens (tertiary/aromatic N) is 2. The minimum atomic E-state index is 0.257. The van der Waals surface area contributed by atoms with Gasteiger partial charge >= 0.3 is 0 Å². The van der Waals surface area contributed by atoms with Crippen LogP contribution in [0.15, 0.2) is 0 Å². The topological polar surface area (TPSA) is 32.5 Å². The lowest BCUT2D eigenvalue weighted by atomic mass is 9.85. The first kappa shape index (κ1) is 14.3. The maximum absolute atomic E-state index is 6.18. The molecule has 18 heavy (non-hydrogen) atoms. The Balaban J connectivity index is 2.07. The van der Waals surface area contributed by atoms with E-state index in [9.17, 15) is 0 Å². The smallest absolute Gasteiger partial charge is 0.0458 e. The van der Waals surface area contributed by atoms with Crippen LogP contribution in [0.5, 0.6) is 0 Å². The first-order chi connectivity index (χ1) is 8.47. The Labute approximate surface area is 113 Å². The molecule has 0 aromatic heterocycles. The molecule has 0 radical (unpaired) electrons. The van der Waals surface area contributed by atoms with E-state index in [0.29, 0.717) is 5.41 Å². The Hall–Kier alpha value is -0.120. The lowest BCUT2D eigenvalue weighted by Gasteiger charge is -2.48. The molecule has 3 nitrogen and oxygen atoms in total. The van der Waals surface area contributed by atoms with Crippen molar-refractivity contribution in [3.63, 3.8) is 0 Å². The summed E-state index contributed by atoms with van der Waals surface area (Å²) in [5.74, 6) is 0. The van der Waals surface area contributed by atoms with Gasteiger partial charge in [-0.15, -0.1) is 0 Å². The van der Waals surface area contributed by atoms with Crippen LogP contribution in [0, 0.1) is 5.41 Å². The van der Waals surface area contributed by atoms with Crippen LogP contribution >= 0.6 is 0 Å². The standard InChI is InChI=1S/C15H31N3/c1-14(2)6-4-10-18(11-8-14)15(12-16)7-5-9-17(3)13-15/h4-13,16H2,1-3H3. The second-order valence-electron chi connectivity index (χ2n) is 7.27. The van der Waals surface area contributed by atoms with E-state index in [4.69, 9.17) is 5.73 Å². The van der Waals surface area contributed by atoms with E-state index < -0.39 is 0 Å². The van der Waals surface area contributed by atoms with Gasteiger partial charge in [-0.25, -0.2) is 0 Å². The van der Waals surface area contributed by atoms with Crippen molar-refractivity contribution in [2.24, 2.45) is 11.1 Å². The summed E-state index contributed by atoms with van der Waals surface area (Å²) in [5, 5.41) is 0. The lowest BCUT2D eigenvalue weighted by Crippen LogP contribution is -2.62. The van der Waals surface area contributed by atoms with Gasteiger partial charge in [0.05, 0.1) is 0 Å². The number of hydrogen-bond acceptors (Lipinski definition) is 3. The first-order valence-corrected chi connectivity index (χ1v) is 7.61. The van der Waals surface area contributed by atoms with Crippen molar-refractivity contribution in [3.05, 3.63) is 0 Å². The monoisotopic (exact) mass is 253 g/mol. The molecule has 2 N–H and O–H groups in total. The van der Waals surface area contributed by atoms with Crippen LogP contribution in [0.2, 0.25) is 0 Å². The third-order valence-electron chi connectivity index (χ3n) is 5.14. The summed E-state index contributed by atoms with van der Waals surface area (Å²) in [6.45, 7) is 10.5. The molecule has 0 aliphatic carbocycles. The predicted molar refractivity (Wildman–Crippen MR) is 77.7 cm³/mol. The molecule has 2 fully saturated rings. The molecule has 2 saturated heterocycles. The highest BCUT2D eigenvalue weighted by Crippen LogP contribution is 2.34. The molecule has 1 unspecified atom stereocenters. The van der Waals surface area contributed by atoms with Gasteiger partial charge < -0.3 is 10.6 Å².